The first kappa shape index (κ1) is 27.8. The minimum Gasteiger partial charge on any atom is -0.369 e. The zero-order chi connectivity index (χ0) is 25.8. The zero-order valence-electron chi connectivity index (χ0n) is 20.8. The molecule has 4 atom stereocenters. The first-order valence-electron chi connectivity index (χ1n) is 12.5. The molecule has 2 aliphatic rings. The fourth-order valence-corrected chi connectivity index (χ4v) is 6.43. The molecular weight excluding hydrogens is 538 g/mol. The zero-order valence-corrected chi connectivity index (χ0v) is 23.8. The highest BCUT2D eigenvalue weighted by molar-refractivity contribution is 6.31. The Bertz CT molecular complexity index is 926. The highest BCUT2D eigenvalue weighted by atomic mass is 35.5. The Balaban J connectivity index is 1.41. The summed E-state index contributed by atoms with van der Waals surface area (Å²) in [5, 5.41) is 1.46. The number of alkyl halides is 2. The number of carbonyl (C=O) groups excluding carboxylic acids is 1. The Labute approximate surface area is 234 Å². The first-order chi connectivity index (χ1) is 17.3. The number of hydrogen-bond donors (Lipinski definition) is 0. The molecule has 2 aliphatic heterocycles. The second kappa shape index (κ2) is 12.6. The lowest BCUT2D eigenvalue weighted by atomic mass is 9.99. The first-order valence-corrected chi connectivity index (χ1v) is 14.3. The Morgan fingerprint density at radius 2 is 1.08 bits per heavy atom. The number of nitrogens with zero attached hydrogens (tertiary/aromatic N) is 4. The third kappa shape index (κ3) is 6.25. The van der Waals surface area contributed by atoms with Crippen molar-refractivity contribution in [2.24, 2.45) is 0 Å². The van der Waals surface area contributed by atoms with Gasteiger partial charge in [0.15, 0.2) is 5.78 Å². The van der Waals surface area contributed by atoms with Crippen molar-refractivity contribution in [3.05, 3.63) is 58.6 Å². The minimum absolute atomic E-state index is 0.124. The highest BCUT2D eigenvalue weighted by Gasteiger charge is 2.40. The Kier molecular flexibility index (Phi) is 9.70. The van der Waals surface area contributed by atoms with E-state index in [1.165, 1.54) is 0 Å². The van der Waals surface area contributed by atoms with Gasteiger partial charge in [0.2, 0.25) is 0 Å². The molecule has 9 heteroatoms. The predicted molar refractivity (Wildman–Crippen MR) is 154 cm³/mol. The molecule has 5 nitrogen and oxygen atoms in total. The Morgan fingerprint density at radius 1 is 0.722 bits per heavy atom. The quantitative estimate of drug-likeness (QED) is 0.390. The number of rotatable bonds is 8. The van der Waals surface area contributed by atoms with Crippen LogP contribution in [0.25, 0.3) is 0 Å². The molecule has 0 amide bonds. The molecule has 0 aliphatic carbocycles. The van der Waals surface area contributed by atoms with Crippen molar-refractivity contribution in [1.82, 2.24) is 9.80 Å². The number of Topliss-reactive ketones (excluding diaryl/α,β-unsaturated/α-hetero) is 1. The molecule has 2 saturated heterocycles. The smallest absolute Gasteiger partial charge is 0.169 e. The highest BCUT2D eigenvalue weighted by Crippen LogP contribution is 2.26. The van der Waals surface area contributed by atoms with Gasteiger partial charge in [0, 0.05) is 84.5 Å². The molecule has 4 rings (SSSR count). The van der Waals surface area contributed by atoms with Gasteiger partial charge in [0.1, 0.15) is 0 Å². The van der Waals surface area contributed by atoms with E-state index in [1.54, 1.807) is 0 Å². The lowest BCUT2D eigenvalue weighted by Crippen LogP contribution is -2.64. The molecule has 2 fully saturated rings. The summed E-state index contributed by atoms with van der Waals surface area (Å²) in [6.45, 7) is 9.16. The monoisotopic (exact) mass is 570 g/mol. The summed E-state index contributed by atoms with van der Waals surface area (Å²) >= 11 is 25.0. The topological polar surface area (TPSA) is 30.0 Å². The molecular formula is C27H34Cl4N4O. The van der Waals surface area contributed by atoms with Crippen molar-refractivity contribution in [2.45, 2.75) is 38.0 Å². The Hall–Kier alpha value is -1.21. The van der Waals surface area contributed by atoms with E-state index in [4.69, 9.17) is 46.4 Å². The minimum atomic E-state index is -0.362. The second-order valence-electron chi connectivity index (χ2n) is 9.76. The van der Waals surface area contributed by atoms with E-state index in [1.807, 2.05) is 48.5 Å². The van der Waals surface area contributed by atoms with Crippen LogP contribution in [0, 0.1) is 0 Å². The number of carbonyl (C=O) groups is 1. The SMILES string of the molecule is C[C@@H]1CN(c2ccc(Cl)cc2)CCN1C(CCl)C(=O)C(CCl)N1CCN(c2ccc(Cl)cc2)C[C@H]1C. The van der Waals surface area contributed by atoms with Crippen molar-refractivity contribution in [3.8, 4) is 0 Å². The van der Waals surface area contributed by atoms with Crippen LogP contribution >= 0.6 is 46.4 Å². The van der Waals surface area contributed by atoms with Gasteiger partial charge in [-0.2, -0.15) is 0 Å². The van der Waals surface area contributed by atoms with Crippen molar-refractivity contribution < 1.29 is 4.79 Å². The van der Waals surface area contributed by atoms with Crippen LogP contribution in [0.1, 0.15) is 13.8 Å². The summed E-state index contributed by atoms with van der Waals surface area (Å²) in [7, 11) is 0. The molecule has 0 bridgehead atoms. The van der Waals surface area contributed by atoms with Gasteiger partial charge < -0.3 is 9.80 Å². The van der Waals surface area contributed by atoms with Gasteiger partial charge in [-0.3, -0.25) is 14.6 Å². The number of ketones is 1. The summed E-state index contributed by atoms with van der Waals surface area (Å²) in [6.07, 6.45) is 0. The van der Waals surface area contributed by atoms with Crippen LogP contribution in [0.3, 0.4) is 0 Å². The van der Waals surface area contributed by atoms with E-state index < -0.39 is 0 Å². The van der Waals surface area contributed by atoms with Crippen LogP contribution in [0.15, 0.2) is 48.5 Å². The standard InChI is InChI=1S/C27H34Cl4N4O/c1-19-17-32(23-7-3-21(30)4-8-23)11-13-34(19)25(15-28)27(36)26(16-29)35-14-12-33(18-20(35)2)24-9-5-22(31)6-10-24/h3-10,19-20,25-26H,11-18H2,1-2H3/t19-,20-,25?,26?/m1/s1. The molecule has 2 aromatic rings. The van der Waals surface area contributed by atoms with Crippen LogP contribution in [-0.2, 0) is 4.79 Å². The van der Waals surface area contributed by atoms with Crippen molar-refractivity contribution in [3.63, 3.8) is 0 Å². The fourth-order valence-electron chi connectivity index (χ4n) is 5.52. The summed E-state index contributed by atoms with van der Waals surface area (Å²) < 4.78 is 0. The van der Waals surface area contributed by atoms with Gasteiger partial charge in [-0.05, 0) is 62.4 Å². The lowest BCUT2D eigenvalue weighted by Gasteiger charge is -2.47. The normalized spacial score (nSPS) is 23.5. The molecule has 2 heterocycles. The molecule has 2 unspecified atom stereocenters. The van der Waals surface area contributed by atoms with E-state index in [9.17, 15) is 4.79 Å². The van der Waals surface area contributed by atoms with Gasteiger partial charge in [0.05, 0.1) is 12.1 Å². The molecule has 196 valence electrons. The predicted octanol–water partition coefficient (Wildman–Crippen LogP) is 5.50. The van der Waals surface area contributed by atoms with Crippen molar-refractivity contribution in [2.75, 3.05) is 60.8 Å². The number of hydrogen-bond acceptors (Lipinski definition) is 5. The van der Waals surface area contributed by atoms with Gasteiger partial charge in [0.25, 0.3) is 0 Å². The van der Waals surface area contributed by atoms with E-state index in [2.05, 4.69) is 33.4 Å². The Morgan fingerprint density at radius 3 is 1.39 bits per heavy atom. The number of benzene rings is 2. The maximum absolute atomic E-state index is 13.9. The van der Waals surface area contributed by atoms with E-state index in [-0.39, 0.29) is 41.7 Å². The lowest BCUT2D eigenvalue weighted by molar-refractivity contribution is -0.130. The largest absolute Gasteiger partial charge is 0.369 e. The molecule has 0 N–H and O–H groups in total. The van der Waals surface area contributed by atoms with E-state index in [0.29, 0.717) is 0 Å². The van der Waals surface area contributed by atoms with E-state index >= 15 is 0 Å². The molecule has 0 radical (unpaired) electrons. The number of halogens is 4. The molecule has 36 heavy (non-hydrogen) atoms. The summed E-state index contributed by atoms with van der Waals surface area (Å²) in [5.41, 5.74) is 2.29. The third-order valence-corrected chi connectivity index (χ3v) is 8.58. The van der Waals surface area contributed by atoms with Crippen LogP contribution in [-0.4, -0.2) is 90.8 Å². The van der Waals surface area contributed by atoms with Crippen molar-refractivity contribution >= 4 is 63.6 Å². The molecule has 0 aromatic heterocycles. The maximum Gasteiger partial charge on any atom is 0.169 e. The van der Waals surface area contributed by atoms with Crippen LogP contribution in [0.4, 0.5) is 11.4 Å². The molecule has 2 aromatic carbocycles. The van der Waals surface area contributed by atoms with Gasteiger partial charge in [-0.15, -0.1) is 23.2 Å². The molecule has 0 spiro atoms. The fraction of sp³-hybridized carbons (Fsp3) is 0.519. The summed E-state index contributed by atoms with van der Waals surface area (Å²) in [6, 6.07) is 15.5. The van der Waals surface area contributed by atoms with Gasteiger partial charge in [-0.25, -0.2) is 0 Å². The average Bonchev–Trinajstić information content (AvgIpc) is 2.87. The van der Waals surface area contributed by atoms with Crippen LogP contribution in [0.5, 0.6) is 0 Å². The average molecular weight is 572 g/mol. The summed E-state index contributed by atoms with van der Waals surface area (Å²) in [5.74, 6) is 0.645. The number of anilines is 2. The van der Waals surface area contributed by atoms with Crippen molar-refractivity contribution in [1.29, 1.82) is 0 Å². The second-order valence-corrected chi connectivity index (χ2v) is 11.3. The van der Waals surface area contributed by atoms with E-state index in [0.717, 1.165) is 60.7 Å². The third-order valence-electron chi connectivity index (χ3n) is 7.49. The maximum atomic E-state index is 13.9. The summed E-state index contributed by atoms with van der Waals surface area (Å²) in [4.78, 5) is 23.1. The molecule has 0 saturated carbocycles. The van der Waals surface area contributed by atoms with Crippen LogP contribution < -0.4 is 9.80 Å². The number of piperazine rings is 2. The van der Waals surface area contributed by atoms with Crippen LogP contribution in [0.2, 0.25) is 10.0 Å². The van der Waals surface area contributed by atoms with Gasteiger partial charge >= 0.3 is 0 Å². The van der Waals surface area contributed by atoms with Gasteiger partial charge in [-0.1, -0.05) is 23.2 Å².